The molecule has 0 aromatic heterocycles. The summed E-state index contributed by atoms with van der Waals surface area (Å²) in [4.78, 5) is 24.9. The van der Waals surface area contributed by atoms with Gasteiger partial charge >= 0.3 is 0 Å². The number of rotatable bonds is 3. The van der Waals surface area contributed by atoms with Crippen molar-refractivity contribution in [1.82, 2.24) is 10.3 Å². The highest BCUT2D eigenvalue weighted by atomic mass is 19.1. The maximum absolute atomic E-state index is 12.7. The fraction of sp³-hybridized carbons (Fsp3) is 0.385. The number of benzene rings is 1. The van der Waals surface area contributed by atoms with Gasteiger partial charge in [-0.15, -0.1) is 0 Å². The molecule has 0 unspecified atom stereocenters. The Morgan fingerprint density at radius 2 is 2.00 bits per heavy atom. The van der Waals surface area contributed by atoms with Gasteiger partial charge in [-0.05, 0) is 37.1 Å². The van der Waals surface area contributed by atoms with Gasteiger partial charge in [-0.3, -0.25) is 20.4 Å². The van der Waals surface area contributed by atoms with E-state index in [9.17, 15) is 14.0 Å². The summed E-state index contributed by atoms with van der Waals surface area (Å²) in [6.45, 7) is 2.07. The second-order valence-electron chi connectivity index (χ2n) is 4.49. The Hall–Kier alpha value is -2.11. The van der Waals surface area contributed by atoms with Gasteiger partial charge in [0.05, 0.1) is 5.69 Å². The van der Waals surface area contributed by atoms with Crippen molar-refractivity contribution in [3.63, 3.8) is 0 Å². The first-order valence-electron chi connectivity index (χ1n) is 6.16. The smallest absolute Gasteiger partial charge is 0.261 e. The molecule has 1 aliphatic heterocycles. The summed E-state index contributed by atoms with van der Waals surface area (Å²) in [7, 11) is 0. The van der Waals surface area contributed by atoms with Crippen LogP contribution < -0.4 is 10.9 Å². The van der Waals surface area contributed by atoms with E-state index in [0.29, 0.717) is 18.7 Å². The zero-order valence-corrected chi connectivity index (χ0v) is 10.6. The largest absolute Gasteiger partial charge is 0.331 e. The van der Waals surface area contributed by atoms with Gasteiger partial charge in [-0.2, -0.15) is 0 Å². The number of likely N-dealkylation sites (tertiary alicyclic amines) is 1. The number of nitrogens with one attached hydrogen (secondary N) is 2. The number of carbonyl (C=O) groups excluding carboxylic acids is 2. The van der Waals surface area contributed by atoms with Crippen LogP contribution in [0.3, 0.4) is 0 Å². The number of hydrogen-bond donors (Lipinski definition) is 2. The number of halogens is 1. The second kappa shape index (κ2) is 5.69. The Balaban J connectivity index is 1.90. The summed E-state index contributed by atoms with van der Waals surface area (Å²) in [6.07, 6.45) is 1.49. The van der Waals surface area contributed by atoms with Crippen LogP contribution >= 0.6 is 0 Å². The summed E-state index contributed by atoms with van der Waals surface area (Å²) < 4.78 is 12.7. The first-order chi connectivity index (χ1) is 9.08. The number of nitrogens with zero attached hydrogens (tertiary/aromatic N) is 1. The third-order valence-electron chi connectivity index (χ3n) is 3.13. The van der Waals surface area contributed by atoms with Gasteiger partial charge in [0.25, 0.3) is 5.91 Å². The average Bonchev–Trinajstić information content (AvgIpc) is 2.87. The van der Waals surface area contributed by atoms with Crippen molar-refractivity contribution in [2.45, 2.75) is 25.8 Å². The molecule has 2 amide bonds. The lowest BCUT2D eigenvalue weighted by molar-refractivity contribution is -0.136. The molecule has 0 aliphatic carbocycles. The molecule has 0 bridgehead atoms. The van der Waals surface area contributed by atoms with Gasteiger partial charge in [0.1, 0.15) is 11.9 Å². The van der Waals surface area contributed by atoms with Crippen LogP contribution in [0, 0.1) is 5.82 Å². The number of amides is 2. The molecule has 1 fully saturated rings. The van der Waals surface area contributed by atoms with E-state index in [1.165, 1.54) is 31.2 Å². The van der Waals surface area contributed by atoms with E-state index in [0.717, 1.165) is 6.42 Å². The third kappa shape index (κ3) is 3.21. The van der Waals surface area contributed by atoms with E-state index < -0.39 is 6.04 Å². The number of hydrazine groups is 1. The molecule has 19 heavy (non-hydrogen) atoms. The Labute approximate surface area is 110 Å². The molecule has 1 heterocycles. The fourth-order valence-electron chi connectivity index (χ4n) is 2.17. The molecule has 1 aromatic rings. The Morgan fingerprint density at radius 1 is 1.32 bits per heavy atom. The molecule has 1 aliphatic rings. The number of carbonyl (C=O) groups is 2. The Morgan fingerprint density at radius 3 is 2.63 bits per heavy atom. The first-order valence-corrected chi connectivity index (χ1v) is 6.16. The van der Waals surface area contributed by atoms with E-state index in [-0.39, 0.29) is 17.6 Å². The Bertz CT molecular complexity index is 475. The highest BCUT2D eigenvalue weighted by Gasteiger charge is 2.32. The molecular weight excluding hydrogens is 249 g/mol. The van der Waals surface area contributed by atoms with Crippen LogP contribution in [0.25, 0.3) is 0 Å². The number of hydrogen-bond acceptors (Lipinski definition) is 3. The van der Waals surface area contributed by atoms with Crippen molar-refractivity contribution in [1.29, 1.82) is 0 Å². The van der Waals surface area contributed by atoms with Crippen molar-refractivity contribution in [2.75, 3.05) is 12.0 Å². The normalized spacial score (nSPS) is 18.2. The molecule has 2 N–H and O–H groups in total. The van der Waals surface area contributed by atoms with E-state index >= 15 is 0 Å². The zero-order valence-electron chi connectivity index (χ0n) is 10.6. The van der Waals surface area contributed by atoms with Crippen LogP contribution in [-0.2, 0) is 9.59 Å². The summed E-state index contributed by atoms with van der Waals surface area (Å²) in [5, 5.41) is 0. The number of anilines is 1. The molecule has 2 rings (SSSR count). The predicted octanol–water partition coefficient (Wildman–Crippen LogP) is 1.28. The lowest BCUT2D eigenvalue weighted by atomic mass is 10.2. The topological polar surface area (TPSA) is 61.4 Å². The highest BCUT2D eigenvalue weighted by Crippen LogP contribution is 2.17. The molecule has 1 atom stereocenters. The highest BCUT2D eigenvalue weighted by molar-refractivity contribution is 5.88. The standard InChI is InChI=1S/C13H16FN3O2/c1-9(18)17-8-2-3-12(17)13(19)16-15-11-6-4-10(14)5-7-11/h4-7,12,15H,2-3,8H2,1H3,(H,16,19)/t12-/m1/s1. The molecule has 1 saturated heterocycles. The zero-order chi connectivity index (χ0) is 13.8. The van der Waals surface area contributed by atoms with Crippen molar-refractivity contribution in [3.05, 3.63) is 30.1 Å². The van der Waals surface area contributed by atoms with Gasteiger partial charge < -0.3 is 4.90 Å². The minimum Gasteiger partial charge on any atom is -0.331 e. The minimum absolute atomic E-state index is 0.0977. The van der Waals surface area contributed by atoms with E-state index in [1.54, 1.807) is 4.90 Å². The van der Waals surface area contributed by atoms with Crippen LogP contribution in [0.5, 0.6) is 0 Å². The molecule has 5 nitrogen and oxygen atoms in total. The van der Waals surface area contributed by atoms with Crippen LogP contribution in [0.1, 0.15) is 19.8 Å². The molecule has 1 aromatic carbocycles. The maximum Gasteiger partial charge on any atom is 0.261 e. The molecule has 0 spiro atoms. The molecule has 6 heteroatoms. The first kappa shape index (κ1) is 13.3. The maximum atomic E-state index is 12.7. The van der Waals surface area contributed by atoms with Crippen molar-refractivity contribution >= 4 is 17.5 Å². The van der Waals surface area contributed by atoms with Gasteiger partial charge in [-0.25, -0.2) is 4.39 Å². The summed E-state index contributed by atoms with van der Waals surface area (Å²) >= 11 is 0. The quantitative estimate of drug-likeness (QED) is 0.809. The van der Waals surface area contributed by atoms with Crippen LogP contribution in [0.2, 0.25) is 0 Å². The van der Waals surface area contributed by atoms with Crippen molar-refractivity contribution < 1.29 is 14.0 Å². The van der Waals surface area contributed by atoms with Crippen molar-refractivity contribution in [3.8, 4) is 0 Å². The van der Waals surface area contributed by atoms with Crippen LogP contribution in [0.15, 0.2) is 24.3 Å². The van der Waals surface area contributed by atoms with Gasteiger partial charge in [-0.1, -0.05) is 0 Å². The van der Waals surface area contributed by atoms with E-state index in [4.69, 9.17) is 0 Å². The molecule has 0 radical (unpaired) electrons. The van der Waals surface area contributed by atoms with Crippen molar-refractivity contribution in [2.24, 2.45) is 0 Å². The third-order valence-corrected chi connectivity index (χ3v) is 3.13. The molecule has 102 valence electrons. The fourth-order valence-corrected chi connectivity index (χ4v) is 2.17. The Kier molecular flexibility index (Phi) is 3.99. The van der Waals surface area contributed by atoms with Gasteiger partial charge in [0.15, 0.2) is 0 Å². The summed E-state index contributed by atoms with van der Waals surface area (Å²) in [6, 6.07) is 5.21. The molecular formula is C13H16FN3O2. The van der Waals surface area contributed by atoms with E-state index in [1.807, 2.05) is 0 Å². The molecule has 0 saturated carbocycles. The second-order valence-corrected chi connectivity index (χ2v) is 4.49. The monoisotopic (exact) mass is 265 g/mol. The average molecular weight is 265 g/mol. The van der Waals surface area contributed by atoms with Crippen LogP contribution in [0.4, 0.5) is 10.1 Å². The predicted molar refractivity (Wildman–Crippen MR) is 68.6 cm³/mol. The van der Waals surface area contributed by atoms with Crippen LogP contribution in [-0.4, -0.2) is 29.3 Å². The van der Waals surface area contributed by atoms with E-state index in [2.05, 4.69) is 10.9 Å². The minimum atomic E-state index is -0.426. The SMILES string of the molecule is CC(=O)N1CCC[C@@H]1C(=O)NNc1ccc(F)cc1. The lowest BCUT2D eigenvalue weighted by Crippen LogP contribution is -2.46. The summed E-state index contributed by atoms with van der Waals surface area (Å²) in [5.74, 6) is -0.688. The summed E-state index contributed by atoms with van der Waals surface area (Å²) in [5.41, 5.74) is 5.83. The van der Waals surface area contributed by atoms with Gasteiger partial charge in [0, 0.05) is 13.5 Å². The lowest BCUT2D eigenvalue weighted by Gasteiger charge is -2.22. The van der Waals surface area contributed by atoms with Gasteiger partial charge in [0.2, 0.25) is 5.91 Å².